The summed E-state index contributed by atoms with van der Waals surface area (Å²) in [5.41, 5.74) is 2.49. The predicted molar refractivity (Wildman–Crippen MR) is 95.6 cm³/mol. The monoisotopic (exact) mass is 372 g/mol. The van der Waals surface area contributed by atoms with Gasteiger partial charge in [-0.15, -0.1) is 0 Å². The maximum absolute atomic E-state index is 12.5. The largest absolute Gasteiger partial charge is 0.467 e. The summed E-state index contributed by atoms with van der Waals surface area (Å²) in [5, 5.41) is 0.279. The lowest BCUT2D eigenvalue weighted by Gasteiger charge is -2.08. The maximum atomic E-state index is 12.5. The molecule has 0 saturated carbocycles. The minimum atomic E-state index is -0.619. The Hall–Kier alpha value is -2.86. The number of esters is 1. The summed E-state index contributed by atoms with van der Waals surface area (Å²) in [6.45, 7) is 3.97. The van der Waals surface area contributed by atoms with Gasteiger partial charge >= 0.3 is 5.97 Å². The fourth-order valence-electron chi connectivity index (χ4n) is 2.67. The molecular formula is C19H17ClN2O4. The van der Waals surface area contributed by atoms with Crippen molar-refractivity contribution in [2.75, 3.05) is 6.61 Å². The third-order valence-electron chi connectivity index (χ3n) is 4.07. The van der Waals surface area contributed by atoms with Crippen molar-refractivity contribution in [1.82, 2.24) is 9.55 Å². The van der Waals surface area contributed by atoms with Crippen LogP contribution in [0.5, 0.6) is 0 Å². The average molecular weight is 373 g/mol. The molecule has 0 aliphatic carbocycles. The van der Waals surface area contributed by atoms with Gasteiger partial charge in [-0.2, -0.15) is 0 Å². The number of ketones is 1. The molecule has 3 rings (SSSR count). The van der Waals surface area contributed by atoms with Crippen LogP contribution in [0.1, 0.15) is 37.9 Å². The number of aromatic nitrogens is 2. The van der Waals surface area contributed by atoms with Crippen molar-refractivity contribution < 1.29 is 18.7 Å². The first-order valence-electron chi connectivity index (χ1n) is 7.96. The second-order valence-electron chi connectivity index (χ2n) is 5.82. The Morgan fingerprint density at radius 2 is 2.08 bits per heavy atom. The highest BCUT2D eigenvalue weighted by atomic mass is 35.5. The highest BCUT2D eigenvalue weighted by Crippen LogP contribution is 2.18. The Labute approximate surface area is 155 Å². The predicted octanol–water partition coefficient (Wildman–Crippen LogP) is 3.83. The molecule has 3 aromatic heterocycles. The molecule has 134 valence electrons. The molecule has 0 fully saturated rings. The van der Waals surface area contributed by atoms with Crippen molar-refractivity contribution in [2.45, 2.75) is 20.4 Å². The second kappa shape index (κ2) is 7.58. The third-order valence-corrected chi connectivity index (χ3v) is 4.29. The number of pyridine rings is 1. The number of halogens is 1. The molecule has 0 bridgehead atoms. The Balaban J connectivity index is 1.68. The van der Waals surface area contributed by atoms with E-state index in [1.807, 2.05) is 30.5 Å². The summed E-state index contributed by atoms with van der Waals surface area (Å²) in [7, 11) is 0. The lowest BCUT2D eigenvalue weighted by molar-refractivity contribution is 0.0474. The number of carbonyl (C=O) groups excluding carboxylic acids is 2. The number of carbonyl (C=O) groups is 2. The average Bonchev–Trinajstić information content (AvgIpc) is 3.24. The Bertz CT molecular complexity index is 927. The number of rotatable bonds is 6. The number of hydrogen-bond acceptors (Lipinski definition) is 5. The van der Waals surface area contributed by atoms with E-state index in [0.717, 1.165) is 17.1 Å². The zero-order valence-corrected chi connectivity index (χ0v) is 15.1. The summed E-state index contributed by atoms with van der Waals surface area (Å²) in [6.07, 6.45) is 2.92. The van der Waals surface area contributed by atoms with Crippen LogP contribution in [0.15, 0.2) is 47.2 Å². The Kier molecular flexibility index (Phi) is 5.23. The number of Topliss-reactive ketones (excluding diaryl/α,β-unsaturated/α-hetero) is 1. The zero-order valence-electron chi connectivity index (χ0n) is 14.4. The van der Waals surface area contributed by atoms with Gasteiger partial charge in [-0.1, -0.05) is 11.6 Å². The third kappa shape index (κ3) is 3.86. The molecule has 0 unspecified atom stereocenters. The summed E-state index contributed by atoms with van der Waals surface area (Å²) >= 11 is 5.68. The van der Waals surface area contributed by atoms with Crippen LogP contribution in [0.25, 0.3) is 0 Å². The molecule has 0 aliphatic rings. The molecule has 26 heavy (non-hydrogen) atoms. The van der Waals surface area contributed by atoms with E-state index in [4.69, 9.17) is 20.8 Å². The smallest absolute Gasteiger partial charge is 0.340 e. The highest BCUT2D eigenvalue weighted by Gasteiger charge is 2.18. The molecule has 0 radical (unpaired) electrons. The van der Waals surface area contributed by atoms with Crippen molar-refractivity contribution in [3.63, 3.8) is 0 Å². The number of hydrogen-bond donors (Lipinski definition) is 0. The summed E-state index contributed by atoms with van der Waals surface area (Å²) in [5.74, 6) is -0.0848. The van der Waals surface area contributed by atoms with Crippen LogP contribution < -0.4 is 0 Å². The van der Waals surface area contributed by atoms with E-state index in [2.05, 4.69) is 4.98 Å². The molecule has 3 heterocycles. The molecular weight excluding hydrogens is 356 g/mol. The van der Waals surface area contributed by atoms with Gasteiger partial charge in [0, 0.05) is 23.1 Å². The van der Waals surface area contributed by atoms with Crippen molar-refractivity contribution >= 4 is 23.4 Å². The van der Waals surface area contributed by atoms with Gasteiger partial charge in [0.25, 0.3) is 0 Å². The number of ether oxygens (including phenoxy) is 1. The lowest BCUT2D eigenvalue weighted by atomic mass is 10.1. The summed E-state index contributed by atoms with van der Waals surface area (Å²) < 4.78 is 12.4. The van der Waals surface area contributed by atoms with E-state index in [1.54, 1.807) is 12.3 Å². The normalized spacial score (nSPS) is 10.7. The molecule has 7 heteroatoms. The van der Waals surface area contributed by atoms with Crippen LogP contribution in [-0.4, -0.2) is 27.9 Å². The number of nitrogens with zero attached hydrogens (tertiary/aromatic N) is 2. The van der Waals surface area contributed by atoms with Gasteiger partial charge in [-0.05, 0) is 44.2 Å². The second-order valence-corrected chi connectivity index (χ2v) is 6.21. The van der Waals surface area contributed by atoms with Gasteiger partial charge in [0.1, 0.15) is 10.9 Å². The van der Waals surface area contributed by atoms with E-state index in [-0.39, 0.29) is 23.1 Å². The van der Waals surface area contributed by atoms with Gasteiger partial charge in [0.2, 0.25) is 5.78 Å². The molecule has 0 aromatic carbocycles. The van der Waals surface area contributed by atoms with Crippen molar-refractivity contribution in [2.24, 2.45) is 0 Å². The van der Waals surface area contributed by atoms with Crippen LogP contribution in [0.2, 0.25) is 5.15 Å². The number of aryl methyl sites for hydroxylation is 1. The van der Waals surface area contributed by atoms with Gasteiger partial charge in [-0.25, -0.2) is 9.78 Å². The minimum Gasteiger partial charge on any atom is -0.467 e. The van der Waals surface area contributed by atoms with Crippen molar-refractivity contribution in [1.29, 1.82) is 0 Å². The van der Waals surface area contributed by atoms with E-state index < -0.39 is 5.97 Å². The van der Waals surface area contributed by atoms with Gasteiger partial charge in [0.05, 0.1) is 18.4 Å². The van der Waals surface area contributed by atoms with Crippen LogP contribution in [-0.2, 0) is 11.3 Å². The maximum Gasteiger partial charge on any atom is 0.340 e. The van der Waals surface area contributed by atoms with E-state index >= 15 is 0 Å². The van der Waals surface area contributed by atoms with Crippen molar-refractivity contribution in [3.8, 4) is 0 Å². The first-order chi connectivity index (χ1) is 12.5. The number of furan rings is 1. The molecule has 0 atom stereocenters. The first-order valence-corrected chi connectivity index (χ1v) is 8.34. The molecule has 0 N–H and O–H groups in total. The topological polar surface area (TPSA) is 74.3 Å². The summed E-state index contributed by atoms with van der Waals surface area (Å²) in [4.78, 5) is 28.3. The van der Waals surface area contributed by atoms with Crippen LogP contribution >= 0.6 is 11.6 Å². The Morgan fingerprint density at radius 3 is 2.73 bits per heavy atom. The van der Waals surface area contributed by atoms with E-state index in [9.17, 15) is 9.59 Å². The standard InChI is InChI=1S/C19H17ClN2O4/c1-12-8-16(13(2)22(12)10-15-4-3-7-25-15)17(23)11-26-19(24)14-5-6-18(20)21-9-14/h3-9H,10-11H2,1-2H3. The van der Waals surface area contributed by atoms with Gasteiger partial charge in [-0.3, -0.25) is 4.79 Å². The first kappa shape index (κ1) is 17.9. The van der Waals surface area contributed by atoms with Gasteiger partial charge < -0.3 is 13.7 Å². The fourth-order valence-corrected chi connectivity index (χ4v) is 2.79. The fraction of sp³-hybridized carbons (Fsp3) is 0.211. The zero-order chi connectivity index (χ0) is 18.7. The molecule has 0 aliphatic heterocycles. The molecule has 0 amide bonds. The lowest BCUT2D eigenvalue weighted by Crippen LogP contribution is -2.15. The highest BCUT2D eigenvalue weighted by molar-refractivity contribution is 6.29. The van der Waals surface area contributed by atoms with Crippen LogP contribution in [0.4, 0.5) is 0 Å². The van der Waals surface area contributed by atoms with Crippen molar-refractivity contribution in [3.05, 3.63) is 76.2 Å². The molecule has 0 spiro atoms. The molecule has 6 nitrogen and oxygen atoms in total. The SMILES string of the molecule is Cc1cc(C(=O)COC(=O)c2ccc(Cl)nc2)c(C)n1Cc1ccco1. The summed E-state index contributed by atoms with van der Waals surface area (Å²) in [6, 6.07) is 8.47. The van der Waals surface area contributed by atoms with Gasteiger partial charge in [0.15, 0.2) is 6.61 Å². The van der Waals surface area contributed by atoms with Crippen LogP contribution in [0, 0.1) is 13.8 Å². The van der Waals surface area contributed by atoms with E-state index in [0.29, 0.717) is 12.1 Å². The molecule has 3 aromatic rings. The Morgan fingerprint density at radius 1 is 1.27 bits per heavy atom. The minimum absolute atomic E-state index is 0.241. The van der Waals surface area contributed by atoms with E-state index in [1.165, 1.54) is 18.3 Å². The molecule has 0 saturated heterocycles. The quantitative estimate of drug-likeness (QED) is 0.373. The van der Waals surface area contributed by atoms with Crippen LogP contribution in [0.3, 0.4) is 0 Å².